The van der Waals surface area contributed by atoms with Crippen LogP contribution in [0.3, 0.4) is 0 Å². The molecule has 1 aliphatic rings. The second-order valence-corrected chi connectivity index (χ2v) is 4.46. The second-order valence-electron chi connectivity index (χ2n) is 4.46. The Bertz CT molecular complexity index is 596. The summed E-state index contributed by atoms with van der Waals surface area (Å²) in [7, 11) is 1.63. The van der Waals surface area contributed by atoms with Gasteiger partial charge in [0.1, 0.15) is 11.5 Å². The predicted octanol–water partition coefficient (Wildman–Crippen LogP) is 3.47. The van der Waals surface area contributed by atoms with E-state index in [0.29, 0.717) is 6.42 Å². The van der Waals surface area contributed by atoms with Crippen LogP contribution in [0.25, 0.3) is 11.1 Å². The van der Waals surface area contributed by atoms with E-state index in [1.165, 1.54) is 0 Å². The van der Waals surface area contributed by atoms with Gasteiger partial charge in [-0.1, -0.05) is 12.1 Å². The molecule has 0 aliphatic heterocycles. The molecular weight excluding hydrogens is 228 g/mol. The van der Waals surface area contributed by atoms with Crippen LogP contribution in [0.2, 0.25) is 0 Å². The van der Waals surface area contributed by atoms with E-state index in [4.69, 9.17) is 9.15 Å². The maximum absolute atomic E-state index is 12.0. The summed E-state index contributed by atoms with van der Waals surface area (Å²) in [4.78, 5) is 12.0. The van der Waals surface area contributed by atoms with Gasteiger partial charge in [0.15, 0.2) is 5.78 Å². The number of hydrogen-bond acceptors (Lipinski definition) is 3. The molecule has 1 aromatic carbocycles. The standard InChI is InChI=1S/C15H14O3/c1-17-11-5-2-4-10(8-11)12-9-18-14-7-3-6-13(16)15(12)14/h2,4-5,8-9H,3,6-7H2,1H3. The Balaban J connectivity index is 2.12. The Morgan fingerprint density at radius 2 is 2.17 bits per heavy atom. The summed E-state index contributed by atoms with van der Waals surface area (Å²) < 4.78 is 10.7. The Morgan fingerprint density at radius 1 is 1.28 bits per heavy atom. The van der Waals surface area contributed by atoms with Crippen molar-refractivity contribution in [2.75, 3.05) is 7.11 Å². The number of rotatable bonds is 2. The molecule has 0 saturated heterocycles. The van der Waals surface area contributed by atoms with Gasteiger partial charge in [-0.2, -0.15) is 0 Å². The first-order valence-electron chi connectivity index (χ1n) is 6.07. The predicted molar refractivity (Wildman–Crippen MR) is 68.0 cm³/mol. The summed E-state index contributed by atoms with van der Waals surface area (Å²) in [5.41, 5.74) is 2.61. The molecule has 0 unspecified atom stereocenters. The molecule has 0 spiro atoms. The molecule has 2 aromatic rings. The number of methoxy groups -OCH3 is 1. The fourth-order valence-electron chi connectivity index (χ4n) is 2.43. The smallest absolute Gasteiger partial charge is 0.167 e. The first-order chi connectivity index (χ1) is 8.79. The molecule has 0 fully saturated rings. The van der Waals surface area contributed by atoms with Crippen molar-refractivity contribution in [3.8, 4) is 16.9 Å². The van der Waals surface area contributed by atoms with Gasteiger partial charge in [0.2, 0.25) is 0 Å². The summed E-state index contributed by atoms with van der Waals surface area (Å²) in [5, 5.41) is 0. The topological polar surface area (TPSA) is 39.4 Å². The van der Waals surface area contributed by atoms with Crippen LogP contribution >= 0.6 is 0 Å². The average Bonchev–Trinajstić information content (AvgIpc) is 2.84. The van der Waals surface area contributed by atoms with E-state index in [0.717, 1.165) is 41.0 Å². The molecule has 0 amide bonds. The Hall–Kier alpha value is -2.03. The molecule has 1 aromatic heterocycles. The quantitative estimate of drug-likeness (QED) is 0.809. The number of hydrogen-bond donors (Lipinski definition) is 0. The largest absolute Gasteiger partial charge is 0.497 e. The fraction of sp³-hybridized carbons (Fsp3) is 0.267. The Kier molecular flexibility index (Phi) is 2.67. The molecule has 1 aliphatic carbocycles. The maximum atomic E-state index is 12.0. The van der Waals surface area contributed by atoms with E-state index in [1.54, 1.807) is 13.4 Å². The van der Waals surface area contributed by atoms with Crippen molar-refractivity contribution < 1.29 is 13.9 Å². The average molecular weight is 242 g/mol. The van der Waals surface area contributed by atoms with Crippen LogP contribution in [-0.4, -0.2) is 12.9 Å². The van der Waals surface area contributed by atoms with E-state index >= 15 is 0 Å². The van der Waals surface area contributed by atoms with E-state index in [1.807, 2.05) is 24.3 Å². The summed E-state index contributed by atoms with van der Waals surface area (Å²) in [5.74, 6) is 1.79. The highest BCUT2D eigenvalue weighted by Crippen LogP contribution is 2.34. The van der Waals surface area contributed by atoms with Gasteiger partial charge in [-0.25, -0.2) is 0 Å². The van der Waals surface area contributed by atoms with Gasteiger partial charge >= 0.3 is 0 Å². The molecule has 0 radical (unpaired) electrons. The molecule has 0 N–H and O–H groups in total. The molecule has 92 valence electrons. The lowest BCUT2D eigenvalue weighted by molar-refractivity contribution is 0.0970. The summed E-state index contributed by atoms with van der Waals surface area (Å²) >= 11 is 0. The van der Waals surface area contributed by atoms with Gasteiger partial charge in [-0.15, -0.1) is 0 Å². The van der Waals surface area contributed by atoms with Gasteiger partial charge in [0.05, 0.1) is 18.9 Å². The minimum Gasteiger partial charge on any atom is -0.497 e. The van der Waals surface area contributed by atoms with Crippen LogP contribution in [0.1, 0.15) is 29.0 Å². The number of ether oxygens (including phenoxy) is 1. The van der Waals surface area contributed by atoms with Crippen molar-refractivity contribution in [3.05, 3.63) is 41.9 Å². The first-order valence-corrected chi connectivity index (χ1v) is 6.07. The van der Waals surface area contributed by atoms with Gasteiger partial charge in [0, 0.05) is 18.4 Å². The highest BCUT2D eigenvalue weighted by molar-refractivity contribution is 6.04. The van der Waals surface area contributed by atoms with Gasteiger partial charge in [-0.05, 0) is 24.1 Å². The first kappa shape index (κ1) is 11.1. The Morgan fingerprint density at radius 3 is 3.00 bits per heavy atom. The third-order valence-corrected chi connectivity index (χ3v) is 3.33. The van der Waals surface area contributed by atoms with Crippen molar-refractivity contribution in [1.29, 1.82) is 0 Å². The number of carbonyl (C=O) groups is 1. The Labute approximate surface area is 105 Å². The molecular formula is C15H14O3. The highest BCUT2D eigenvalue weighted by atomic mass is 16.5. The van der Waals surface area contributed by atoms with Crippen molar-refractivity contribution in [3.63, 3.8) is 0 Å². The van der Waals surface area contributed by atoms with E-state index in [9.17, 15) is 4.79 Å². The number of Topliss-reactive ketones (excluding diaryl/α,β-unsaturated/α-hetero) is 1. The summed E-state index contributed by atoms with van der Waals surface area (Å²) in [6, 6.07) is 7.70. The van der Waals surface area contributed by atoms with Gasteiger partial charge in [0.25, 0.3) is 0 Å². The lowest BCUT2D eigenvalue weighted by Crippen LogP contribution is -2.09. The van der Waals surface area contributed by atoms with Crippen molar-refractivity contribution >= 4 is 5.78 Å². The van der Waals surface area contributed by atoms with E-state index in [2.05, 4.69) is 0 Å². The number of ketones is 1. The maximum Gasteiger partial charge on any atom is 0.167 e. The molecule has 0 saturated carbocycles. The summed E-state index contributed by atoms with van der Waals surface area (Å²) in [6.45, 7) is 0. The third kappa shape index (κ3) is 1.72. The van der Waals surface area contributed by atoms with Crippen molar-refractivity contribution in [2.45, 2.75) is 19.3 Å². The van der Waals surface area contributed by atoms with Crippen LogP contribution in [0.5, 0.6) is 5.75 Å². The molecule has 1 heterocycles. The second kappa shape index (κ2) is 4.33. The van der Waals surface area contributed by atoms with E-state index < -0.39 is 0 Å². The van der Waals surface area contributed by atoms with Crippen molar-refractivity contribution in [2.24, 2.45) is 0 Å². The number of furan rings is 1. The lowest BCUT2D eigenvalue weighted by atomic mass is 9.91. The van der Waals surface area contributed by atoms with Gasteiger partial charge in [-0.3, -0.25) is 4.79 Å². The van der Waals surface area contributed by atoms with Gasteiger partial charge < -0.3 is 9.15 Å². The molecule has 0 atom stereocenters. The molecule has 3 heteroatoms. The van der Waals surface area contributed by atoms with Crippen LogP contribution in [0.4, 0.5) is 0 Å². The van der Waals surface area contributed by atoms with E-state index in [-0.39, 0.29) is 5.78 Å². The SMILES string of the molecule is COc1cccc(-c2coc3c2C(=O)CCC3)c1. The third-order valence-electron chi connectivity index (χ3n) is 3.33. The monoisotopic (exact) mass is 242 g/mol. The zero-order chi connectivity index (χ0) is 12.5. The molecule has 0 bridgehead atoms. The van der Waals surface area contributed by atoms with Crippen molar-refractivity contribution in [1.82, 2.24) is 0 Å². The minimum atomic E-state index is 0.183. The zero-order valence-electron chi connectivity index (χ0n) is 10.2. The molecule has 18 heavy (non-hydrogen) atoms. The van der Waals surface area contributed by atoms with Crippen LogP contribution in [0, 0.1) is 0 Å². The lowest BCUT2D eigenvalue weighted by Gasteiger charge is -2.10. The normalized spacial score (nSPS) is 14.4. The number of benzene rings is 1. The van der Waals surface area contributed by atoms with Crippen LogP contribution in [0.15, 0.2) is 34.9 Å². The molecule has 3 nitrogen and oxygen atoms in total. The van der Waals surface area contributed by atoms with Crippen LogP contribution in [-0.2, 0) is 6.42 Å². The van der Waals surface area contributed by atoms with Crippen LogP contribution < -0.4 is 4.74 Å². The highest BCUT2D eigenvalue weighted by Gasteiger charge is 2.25. The minimum absolute atomic E-state index is 0.183. The number of fused-ring (bicyclic) bond motifs is 1. The number of aryl methyl sites for hydroxylation is 1. The zero-order valence-corrected chi connectivity index (χ0v) is 10.2. The fourth-order valence-corrected chi connectivity index (χ4v) is 2.43. The summed E-state index contributed by atoms with van der Waals surface area (Å²) in [6.07, 6.45) is 4.04. The molecule has 3 rings (SSSR count). The number of carbonyl (C=O) groups excluding carboxylic acids is 1.